The highest BCUT2D eigenvalue weighted by Gasteiger charge is 2.20. The van der Waals surface area contributed by atoms with Gasteiger partial charge >= 0.3 is 11.8 Å². The van der Waals surface area contributed by atoms with Crippen LogP contribution < -0.4 is 15.6 Å². The van der Waals surface area contributed by atoms with Crippen molar-refractivity contribution in [2.45, 2.75) is 31.7 Å². The van der Waals surface area contributed by atoms with Crippen LogP contribution in [0.3, 0.4) is 0 Å². The third kappa shape index (κ3) is 4.58. The molecule has 2 N–H and O–H groups in total. The summed E-state index contributed by atoms with van der Waals surface area (Å²) in [5.41, 5.74) is 4.18. The Balaban J connectivity index is 1.80. The Morgan fingerprint density at radius 1 is 1.14 bits per heavy atom. The normalized spacial score (nSPS) is 15.0. The minimum atomic E-state index is -0.729. The molecule has 0 unspecified atom stereocenters. The molecule has 1 fully saturated rings. The van der Waals surface area contributed by atoms with Crippen LogP contribution >= 0.6 is 0 Å². The molecule has 1 saturated carbocycles. The molecule has 0 radical (unpaired) electrons. The molecular formula is C16H22N4O2. The number of benzene rings is 1. The van der Waals surface area contributed by atoms with Gasteiger partial charge in [-0.15, -0.1) is 0 Å². The molecule has 0 heterocycles. The van der Waals surface area contributed by atoms with Crippen molar-refractivity contribution in [1.82, 2.24) is 10.7 Å². The molecule has 22 heavy (non-hydrogen) atoms. The van der Waals surface area contributed by atoms with E-state index in [2.05, 4.69) is 15.8 Å². The number of nitrogens with zero attached hydrogens (tertiary/aromatic N) is 2. The van der Waals surface area contributed by atoms with Gasteiger partial charge in [-0.05, 0) is 30.5 Å². The minimum Gasteiger partial charge on any atom is -0.378 e. The maximum atomic E-state index is 11.7. The average Bonchev–Trinajstić information content (AvgIpc) is 3.00. The molecule has 1 aromatic carbocycles. The number of hydrogen-bond acceptors (Lipinski definition) is 4. The zero-order chi connectivity index (χ0) is 15.9. The fourth-order valence-corrected chi connectivity index (χ4v) is 2.40. The fraction of sp³-hybridized carbons (Fsp3) is 0.438. The van der Waals surface area contributed by atoms with Crippen molar-refractivity contribution in [3.63, 3.8) is 0 Å². The lowest BCUT2D eigenvalue weighted by atomic mass is 10.2. The van der Waals surface area contributed by atoms with Crippen LogP contribution in [0, 0.1) is 0 Å². The number of carbonyl (C=O) groups excluding carboxylic acids is 2. The average molecular weight is 302 g/mol. The van der Waals surface area contributed by atoms with Crippen molar-refractivity contribution in [2.24, 2.45) is 5.10 Å². The lowest BCUT2D eigenvalue weighted by Crippen LogP contribution is -2.42. The third-order valence-electron chi connectivity index (χ3n) is 3.69. The number of anilines is 1. The minimum absolute atomic E-state index is 0.126. The number of rotatable bonds is 4. The maximum absolute atomic E-state index is 11.7. The van der Waals surface area contributed by atoms with E-state index >= 15 is 0 Å². The molecule has 0 atom stereocenters. The van der Waals surface area contributed by atoms with Gasteiger partial charge in [0, 0.05) is 25.8 Å². The van der Waals surface area contributed by atoms with Crippen molar-refractivity contribution in [1.29, 1.82) is 0 Å². The van der Waals surface area contributed by atoms with Crippen LogP contribution in [-0.2, 0) is 9.59 Å². The highest BCUT2D eigenvalue weighted by Crippen LogP contribution is 2.17. The molecule has 118 valence electrons. The van der Waals surface area contributed by atoms with Gasteiger partial charge in [0.25, 0.3) is 0 Å². The van der Waals surface area contributed by atoms with Gasteiger partial charge in [-0.1, -0.05) is 25.0 Å². The van der Waals surface area contributed by atoms with E-state index in [1.165, 1.54) is 6.21 Å². The van der Waals surface area contributed by atoms with Crippen LogP contribution in [0.15, 0.2) is 29.4 Å². The topological polar surface area (TPSA) is 73.8 Å². The van der Waals surface area contributed by atoms with E-state index < -0.39 is 11.8 Å². The summed E-state index contributed by atoms with van der Waals surface area (Å²) in [6.45, 7) is 0. The maximum Gasteiger partial charge on any atom is 0.329 e. The second kappa shape index (κ2) is 7.59. The Hall–Kier alpha value is -2.37. The summed E-state index contributed by atoms with van der Waals surface area (Å²) in [7, 11) is 3.93. The summed E-state index contributed by atoms with van der Waals surface area (Å²) in [6.07, 6.45) is 5.61. The summed E-state index contributed by atoms with van der Waals surface area (Å²) in [5.74, 6) is -1.35. The van der Waals surface area contributed by atoms with Crippen LogP contribution in [0.1, 0.15) is 31.2 Å². The summed E-state index contributed by atoms with van der Waals surface area (Å²) in [4.78, 5) is 25.3. The number of amides is 2. The quantitative estimate of drug-likeness (QED) is 0.499. The molecule has 0 aliphatic heterocycles. The fourth-order valence-electron chi connectivity index (χ4n) is 2.40. The molecule has 2 amide bonds. The first kappa shape index (κ1) is 16.0. The van der Waals surface area contributed by atoms with Gasteiger partial charge in [-0.25, -0.2) is 5.43 Å². The Morgan fingerprint density at radius 3 is 2.36 bits per heavy atom. The number of nitrogens with one attached hydrogen (secondary N) is 2. The lowest BCUT2D eigenvalue weighted by molar-refractivity contribution is -0.139. The third-order valence-corrected chi connectivity index (χ3v) is 3.69. The molecular weight excluding hydrogens is 280 g/mol. The van der Waals surface area contributed by atoms with Gasteiger partial charge in [0.05, 0.1) is 6.21 Å². The largest absolute Gasteiger partial charge is 0.378 e. The van der Waals surface area contributed by atoms with Gasteiger partial charge in [-0.3, -0.25) is 9.59 Å². The van der Waals surface area contributed by atoms with E-state index in [4.69, 9.17) is 0 Å². The van der Waals surface area contributed by atoms with Crippen molar-refractivity contribution in [2.75, 3.05) is 19.0 Å². The molecule has 6 heteroatoms. The standard InChI is InChI=1S/C16H22N4O2/c1-20(2)14-9-7-12(8-10-14)11-17-19-16(22)15(21)18-13-5-3-4-6-13/h7-11,13H,3-6H2,1-2H3,(H,18,21)(H,19,22)/b17-11-. The van der Waals surface area contributed by atoms with E-state index in [9.17, 15) is 9.59 Å². The first-order valence-electron chi connectivity index (χ1n) is 7.47. The molecule has 2 rings (SSSR count). The molecule has 6 nitrogen and oxygen atoms in total. The molecule has 0 spiro atoms. The molecule has 0 aromatic heterocycles. The van der Waals surface area contributed by atoms with Crippen LogP contribution in [0.5, 0.6) is 0 Å². The van der Waals surface area contributed by atoms with Crippen LogP contribution in [0.25, 0.3) is 0 Å². The zero-order valence-corrected chi connectivity index (χ0v) is 13.0. The number of carbonyl (C=O) groups is 2. The number of hydrazone groups is 1. The summed E-state index contributed by atoms with van der Waals surface area (Å²) < 4.78 is 0. The SMILES string of the molecule is CN(C)c1ccc(/C=N\NC(=O)C(=O)NC2CCCC2)cc1. The van der Waals surface area contributed by atoms with E-state index in [1.54, 1.807) is 0 Å². The van der Waals surface area contributed by atoms with Crippen LogP contribution in [0.2, 0.25) is 0 Å². The highest BCUT2D eigenvalue weighted by molar-refractivity contribution is 6.35. The van der Waals surface area contributed by atoms with Crippen LogP contribution in [-0.4, -0.2) is 38.2 Å². The summed E-state index contributed by atoms with van der Waals surface area (Å²) >= 11 is 0. The van der Waals surface area contributed by atoms with Gasteiger partial charge in [-0.2, -0.15) is 5.10 Å². The summed E-state index contributed by atoms with van der Waals surface area (Å²) in [6, 6.07) is 7.82. The van der Waals surface area contributed by atoms with E-state index in [1.807, 2.05) is 43.3 Å². The van der Waals surface area contributed by atoms with Gasteiger partial charge < -0.3 is 10.2 Å². The second-order valence-electron chi connectivity index (χ2n) is 5.64. The van der Waals surface area contributed by atoms with Crippen molar-refractivity contribution < 1.29 is 9.59 Å². The molecule has 1 aliphatic carbocycles. The Labute approximate surface area is 130 Å². The molecule has 0 bridgehead atoms. The number of hydrogen-bond donors (Lipinski definition) is 2. The van der Waals surface area contributed by atoms with Crippen molar-refractivity contribution in [3.8, 4) is 0 Å². The van der Waals surface area contributed by atoms with Crippen LogP contribution in [0.4, 0.5) is 5.69 Å². The van der Waals surface area contributed by atoms with E-state index in [-0.39, 0.29) is 6.04 Å². The van der Waals surface area contributed by atoms with Gasteiger partial charge in [0.1, 0.15) is 0 Å². The summed E-state index contributed by atoms with van der Waals surface area (Å²) in [5, 5.41) is 6.53. The highest BCUT2D eigenvalue weighted by atomic mass is 16.2. The smallest absolute Gasteiger partial charge is 0.329 e. The molecule has 0 saturated heterocycles. The zero-order valence-electron chi connectivity index (χ0n) is 13.0. The Bertz CT molecular complexity index is 546. The Morgan fingerprint density at radius 2 is 1.77 bits per heavy atom. The molecule has 1 aromatic rings. The predicted octanol–water partition coefficient (Wildman–Crippen LogP) is 1.26. The predicted molar refractivity (Wildman–Crippen MR) is 86.9 cm³/mol. The first-order valence-corrected chi connectivity index (χ1v) is 7.47. The lowest BCUT2D eigenvalue weighted by Gasteiger charge is -2.11. The second-order valence-corrected chi connectivity index (χ2v) is 5.64. The van der Waals surface area contributed by atoms with Crippen molar-refractivity contribution >= 4 is 23.7 Å². The van der Waals surface area contributed by atoms with Gasteiger partial charge in [0.2, 0.25) is 0 Å². The first-order chi connectivity index (χ1) is 10.6. The van der Waals surface area contributed by atoms with Crippen molar-refractivity contribution in [3.05, 3.63) is 29.8 Å². The monoisotopic (exact) mass is 302 g/mol. The molecule has 1 aliphatic rings. The van der Waals surface area contributed by atoms with Gasteiger partial charge in [0.15, 0.2) is 0 Å². The Kier molecular flexibility index (Phi) is 5.52. The van der Waals surface area contributed by atoms with E-state index in [0.29, 0.717) is 0 Å². The van der Waals surface area contributed by atoms with E-state index in [0.717, 1.165) is 36.9 Å².